The van der Waals surface area contributed by atoms with Gasteiger partial charge in [-0.05, 0) is 18.8 Å². The van der Waals surface area contributed by atoms with Gasteiger partial charge in [0.1, 0.15) is 0 Å². The Hall–Kier alpha value is -0.170. The highest BCUT2D eigenvalue weighted by molar-refractivity contribution is 7.87. The van der Waals surface area contributed by atoms with Gasteiger partial charge in [-0.1, -0.05) is 26.2 Å². The Balaban J connectivity index is 2.50. The van der Waals surface area contributed by atoms with E-state index in [1.54, 1.807) is 7.05 Å². The maximum atomic E-state index is 12.0. The van der Waals surface area contributed by atoms with Crippen LogP contribution < -0.4 is 4.72 Å². The molecule has 0 aromatic carbocycles. The number of hydrogen-bond acceptors (Lipinski definition) is 3. The summed E-state index contributed by atoms with van der Waals surface area (Å²) in [5.41, 5.74) is 0. The van der Waals surface area contributed by atoms with Crippen molar-refractivity contribution in [3.8, 4) is 0 Å². The summed E-state index contributed by atoms with van der Waals surface area (Å²) in [5.74, 6) is -0.0514. The Morgan fingerprint density at radius 3 is 2.47 bits per heavy atom. The molecule has 1 atom stereocenters. The first-order valence-electron chi connectivity index (χ1n) is 6.31. The van der Waals surface area contributed by atoms with Gasteiger partial charge in [0.15, 0.2) is 0 Å². The quantitative estimate of drug-likeness (QED) is 0.742. The first-order valence-corrected chi connectivity index (χ1v) is 7.75. The van der Waals surface area contributed by atoms with Gasteiger partial charge in [0.2, 0.25) is 0 Å². The minimum Gasteiger partial charge on any atom is -0.396 e. The van der Waals surface area contributed by atoms with Crippen LogP contribution in [-0.4, -0.2) is 44.1 Å². The fraction of sp³-hybridized carbons (Fsp3) is 1.00. The Labute approximate surface area is 104 Å². The van der Waals surface area contributed by atoms with E-state index in [1.165, 1.54) is 10.7 Å². The fourth-order valence-corrected chi connectivity index (χ4v) is 3.36. The summed E-state index contributed by atoms with van der Waals surface area (Å²) < 4.78 is 28.0. The van der Waals surface area contributed by atoms with Crippen LogP contribution in [0.2, 0.25) is 0 Å². The molecule has 1 fully saturated rings. The van der Waals surface area contributed by atoms with Gasteiger partial charge in [-0.3, -0.25) is 0 Å². The van der Waals surface area contributed by atoms with Crippen molar-refractivity contribution in [3.05, 3.63) is 0 Å². The molecule has 1 unspecified atom stereocenters. The highest BCUT2D eigenvalue weighted by Gasteiger charge is 2.27. The van der Waals surface area contributed by atoms with Crippen molar-refractivity contribution in [1.82, 2.24) is 9.03 Å². The molecule has 0 radical (unpaired) electrons. The molecular weight excluding hydrogens is 240 g/mol. The molecule has 0 spiro atoms. The van der Waals surface area contributed by atoms with E-state index in [4.69, 9.17) is 5.11 Å². The third-order valence-electron chi connectivity index (χ3n) is 3.39. The van der Waals surface area contributed by atoms with Crippen LogP contribution in [0.5, 0.6) is 0 Å². The highest BCUT2D eigenvalue weighted by Crippen LogP contribution is 2.22. The zero-order valence-corrected chi connectivity index (χ0v) is 11.5. The molecule has 1 aliphatic carbocycles. The lowest BCUT2D eigenvalue weighted by molar-refractivity contribution is 0.236. The minimum atomic E-state index is -3.39. The highest BCUT2D eigenvalue weighted by atomic mass is 32.2. The van der Waals surface area contributed by atoms with Crippen LogP contribution in [0.4, 0.5) is 0 Å². The van der Waals surface area contributed by atoms with Crippen LogP contribution in [0.1, 0.15) is 39.0 Å². The van der Waals surface area contributed by atoms with Crippen LogP contribution in [0.25, 0.3) is 0 Å². The summed E-state index contributed by atoms with van der Waals surface area (Å²) in [6.07, 6.45) is 5.33. The maximum absolute atomic E-state index is 12.0. The van der Waals surface area contributed by atoms with E-state index < -0.39 is 10.2 Å². The van der Waals surface area contributed by atoms with Crippen LogP contribution >= 0.6 is 0 Å². The molecule has 1 aliphatic rings. The lowest BCUT2D eigenvalue weighted by Gasteiger charge is -2.30. The van der Waals surface area contributed by atoms with Crippen molar-refractivity contribution in [2.75, 3.05) is 20.2 Å². The van der Waals surface area contributed by atoms with Crippen LogP contribution in [0, 0.1) is 5.92 Å². The van der Waals surface area contributed by atoms with Crippen molar-refractivity contribution in [1.29, 1.82) is 0 Å². The SMILES string of the molecule is CC(CO)CNS(=O)(=O)N(C)C1CCCCC1. The zero-order valence-electron chi connectivity index (χ0n) is 10.7. The van der Waals surface area contributed by atoms with Crippen molar-refractivity contribution in [2.45, 2.75) is 45.1 Å². The molecule has 1 saturated carbocycles. The normalized spacial score (nSPS) is 20.7. The first kappa shape index (κ1) is 14.9. The van der Waals surface area contributed by atoms with E-state index in [0.717, 1.165) is 25.7 Å². The average molecular weight is 264 g/mol. The molecule has 0 heterocycles. The van der Waals surface area contributed by atoms with Crippen LogP contribution in [-0.2, 0) is 10.2 Å². The van der Waals surface area contributed by atoms with Crippen molar-refractivity contribution in [2.24, 2.45) is 5.92 Å². The van der Waals surface area contributed by atoms with Gasteiger partial charge in [0, 0.05) is 26.2 Å². The smallest absolute Gasteiger partial charge is 0.279 e. The molecule has 0 bridgehead atoms. The minimum absolute atomic E-state index is 0.00430. The van der Waals surface area contributed by atoms with Gasteiger partial charge < -0.3 is 5.11 Å². The second-order valence-corrected chi connectivity index (χ2v) is 6.76. The molecule has 0 aromatic heterocycles. The Morgan fingerprint density at radius 2 is 1.94 bits per heavy atom. The van der Waals surface area contributed by atoms with E-state index in [9.17, 15) is 8.42 Å². The summed E-state index contributed by atoms with van der Waals surface area (Å²) in [7, 11) is -1.75. The number of aliphatic hydroxyl groups excluding tert-OH is 1. The van der Waals surface area contributed by atoms with Gasteiger partial charge >= 0.3 is 0 Å². The summed E-state index contributed by atoms with van der Waals surface area (Å²) in [6, 6.07) is 0.130. The fourth-order valence-electron chi connectivity index (χ4n) is 2.05. The molecule has 17 heavy (non-hydrogen) atoms. The molecule has 0 aliphatic heterocycles. The topological polar surface area (TPSA) is 69.6 Å². The predicted octanol–water partition coefficient (Wildman–Crippen LogP) is 0.714. The monoisotopic (exact) mass is 264 g/mol. The molecule has 2 N–H and O–H groups in total. The van der Waals surface area contributed by atoms with Gasteiger partial charge in [0.25, 0.3) is 10.2 Å². The standard InChI is InChI=1S/C11H24N2O3S/c1-10(9-14)8-12-17(15,16)13(2)11-6-4-3-5-7-11/h10-12,14H,3-9H2,1-2H3. The Morgan fingerprint density at radius 1 is 1.35 bits per heavy atom. The number of aliphatic hydroxyl groups is 1. The molecule has 5 nitrogen and oxygen atoms in total. The lowest BCUT2D eigenvalue weighted by atomic mass is 9.96. The molecule has 0 aromatic rings. The third-order valence-corrected chi connectivity index (χ3v) is 4.98. The molecule has 6 heteroatoms. The molecular formula is C11H24N2O3S. The van der Waals surface area contributed by atoms with Crippen LogP contribution in [0.3, 0.4) is 0 Å². The average Bonchev–Trinajstić information content (AvgIpc) is 2.36. The third kappa shape index (κ3) is 4.54. The van der Waals surface area contributed by atoms with Gasteiger partial charge in [-0.25, -0.2) is 4.72 Å². The number of nitrogens with one attached hydrogen (secondary N) is 1. The van der Waals surface area contributed by atoms with E-state index in [1.807, 2.05) is 6.92 Å². The zero-order chi connectivity index (χ0) is 12.9. The second kappa shape index (κ2) is 6.68. The predicted molar refractivity (Wildman–Crippen MR) is 67.8 cm³/mol. The summed E-state index contributed by atoms with van der Waals surface area (Å²) >= 11 is 0. The van der Waals surface area contributed by atoms with E-state index in [2.05, 4.69) is 4.72 Å². The number of hydrogen-bond donors (Lipinski definition) is 2. The van der Waals surface area contributed by atoms with Crippen molar-refractivity contribution in [3.63, 3.8) is 0 Å². The summed E-state index contributed by atoms with van der Waals surface area (Å²) in [4.78, 5) is 0. The Kier molecular flexibility index (Phi) is 5.85. The van der Waals surface area contributed by atoms with Gasteiger partial charge in [-0.15, -0.1) is 0 Å². The van der Waals surface area contributed by atoms with Crippen LogP contribution in [0.15, 0.2) is 0 Å². The number of rotatable bonds is 6. The number of nitrogens with zero attached hydrogens (tertiary/aromatic N) is 1. The van der Waals surface area contributed by atoms with E-state index in [0.29, 0.717) is 0 Å². The molecule has 0 saturated heterocycles. The second-order valence-electron chi connectivity index (χ2n) is 4.95. The van der Waals surface area contributed by atoms with E-state index >= 15 is 0 Å². The maximum Gasteiger partial charge on any atom is 0.279 e. The molecule has 0 amide bonds. The van der Waals surface area contributed by atoms with Gasteiger partial charge in [0.05, 0.1) is 0 Å². The Bertz CT molecular complexity index is 313. The lowest BCUT2D eigenvalue weighted by Crippen LogP contribution is -2.46. The van der Waals surface area contributed by atoms with Crippen molar-refractivity contribution >= 4 is 10.2 Å². The van der Waals surface area contributed by atoms with Gasteiger partial charge in [-0.2, -0.15) is 12.7 Å². The summed E-state index contributed by atoms with van der Waals surface area (Å²) in [5, 5.41) is 8.87. The first-order chi connectivity index (χ1) is 7.97. The van der Waals surface area contributed by atoms with E-state index in [-0.39, 0.29) is 25.1 Å². The molecule has 1 rings (SSSR count). The van der Waals surface area contributed by atoms with Crippen molar-refractivity contribution < 1.29 is 13.5 Å². The molecule has 102 valence electrons. The summed E-state index contributed by atoms with van der Waals surface area (Å²) in [6.45, 7) is 2.09. The largest absolute Gasteiger partial charge is 0.396 e.